The van der Waals surface area contributed by atoms with Gasteiger partial charge in [-0.15, -0.1) is 0 Å². The first-order valence-corrected chi connectivity index (χ1v) is 22.9. The molecular weight excluding hydrogens is 837 g/mol. The van der Waals surface area contributed by atoms with Crippen molar-refractivity contribution in [1.29, 1.82) is 5.41 Å². The number of nitrogens with two attached hydrogens (primary N) is 1. The maximum atomic E-state index is 14.6. The summed E-state index contributed by atoms with van der Waals surface area (Å²) in [5, 5.41) is 19.2. The number of morpholine rings is 1. The molecule has 348 valence electrons. The molecule has 0 radical (unpaired) electrons. The van der Waals surface area contributed by atoms with E-state index in [9.17, 15) is 33.4 Å². The van der Waals surface area contributed by atoms with E-state index in [2.05, 4.69) is 30.7 Å². The zero-order chi connectivity index (χ0) is 45.8. The van der Waals surface area contributed by atoms with Crippen LogP contribution in [-0.4, -0.2) is 153 Å². The molecule has 2 atom stereocenters. The highest BCUT2D eigenvalue weighted by Gasteiger charge is 2.40. The van der Waals surface area contributed by atoms with Crippen LogP contribution in [0.1, 0.15) is 84.5 Å². The fourth-order valence-corrected chi connectivity index (χ4v) is 10.1. The molecule has 2 aromatic carbocycles. The van der Waals surface area contributed by atoms with Gasteiger partial charge in [0.25, 0.3) is 12.3 Å². The molecule has 0 bridgehead atoms. The third-order valence-electron chi connectivity index (χ3n) is 13.7. The average Bonchev–Trinajstić information content (AvgIpc) is 3.65. The summed E-state index contributed by atoms with van der Waals surface area (Å²) in [6, 6.07) is 8.50. The molecule has 3 fully saturated rings. The molecule has 6 aliphatic rings. The van der Waals surface area contributed by atoms with Gasteiger partial charge < -0.3 is 40.7 Å². The maximum Gasteiger partial charge on any atom is 0.264 e. The predicted molar refractivity (Wildman–Crippen MR) is 245 cm³/mol. The van der Waals surface area contributed by atoms with Crippen LogP contribution in [0, 0.1) is 5.41 Å². The minimum Gasteiger partial charge on any atom is -0.404 e. The van der Waals surface area contributed by atoms with Crippen LogP contribution in [0.4, 0.5) is 20.2 Å². The Morgan fingerprint density at radius 3 is 2.55 bits per heavy atom. The molecule has 6 aliphatic heterocycles. The Bertz CT molecular complexity index is 2270. The normalized spacial score (nSPS) is 22.8. The van der Waals surface area contributed by atoms with Gasteiger partial charge in [-0.1, -0.05) is 12.1 Å². The van der Waals surface area contributed by atoms with Crippen LogP contribution in [0.2, 0.25) is 0 Å². The number of benzene rings is 2. The highest BCUT2D eigenvalue weighted by molar-refractivity contribution is 6.12. The Morgan fingerprint density at radius 2 is 1.82 bits per heavy atom. The fourth-order valence-electron chi connectivity index (χ4n) is 10.1. The monoisotopic (exact) mass is 897 g/mol. The quantitative estimate of drug-likeness (QED) is 0.112. The number of hydrogen-bond donors (Lipinski definition) is 5. The van der Waals surface area contributed by atoms with E-state index in [0.717, 1.165) is 86.6 Å². The van der Waals surface area contributed by atoms with E-state index in [1.807, 2.05) is 23.1 Å². The number of carbonyl (C=O) groups excluding carboxylic acids is 4. The second kappa shape index (κ2) is 20.2. The standard InChI is InChI=1S/C47H61F2N11O5/c1-29(61)58-16-12-38(37(28-58)45(51)59-13-4-6-30-21-35(32(23-50)24-52-2)36(44(48)49)22-41(30)59)54-33-10-14-56(15-11-33)17-18-57-19-20-65-34(27-57)25-53-39-7-3-5-31-26-60(47(64)43(31)39)40-8-9-42(62)55-46(40)63/h3,5,7,21-24,33-34,40,44,51,53-54H,4,6,8-20,25-28,50H2,1-2H3,(H,55,62,63). The van der Waals surface area contributed by atoms with Crippen molar-refractivity contribution in [1.82, 2.24) is 30.2 Å². The number of anilines is 2. The number of ether oxygens (including phenoxy) is 1. The molecule has 65 heavy (non-hydrogen) atoms. The zero-order valence-electron chi connectivity index (χ0n) is 37.3. The molecule has 18 heteroatoms. The van der Waals surface area contributed by atoms with Crippen LogP contribution in [0.3, 0.4) is 0 Å². The number of carbonyl (C=O) groups is 4. The third kappa shape index (κ3) is 10.1. The second-order valence-electron chi connectivity index (χ2n) is 17.8. The van der Waals surface area contributed by atoms with Gasteiger partial charge in [0.1, 0.15) is 11.9 Å². The minimum absolute atomic E-state index is 0.0659. The van der Waals surface area contributed by atoms with Crippen molar-refractivity contribution in [3.63, 3.8) is 0 Å². The Morgan fingerprint density at radius 1 is 1.02 bits per heavy atom. The highest BCUT2D eigenvalue weighted by atomic mass is 19.3. The number of amides is 4. The summed E-state index contributed by atoms with van der Waals surface area (Å²) in [5.74, 6) is -0.777. The number of nitrogens with zero attached hydrogens (tertiary/aromatic N) is 6. The SMILES string of the molecule is CN=CC(=CN)c1cc2c(cc1C(F)F)N(C(=N)C1=C(NC3CCN(CCN4CCOC(CNc5cccc6c5C(=O)N(C5CCC(=O)NC5=O)C6)C4)CC3)CCN(C(C)=O)C1)CCC2. The zero-order valence-corrected chi connectivity index (χ0v) is 37.3. The number of alkyl halides is 2. The smallest absolute Gasteiger partial charge is 0.264 e. The van der Waals surface area contributed by atoms with Gasteiger partial charge in [-0.05, 0) is 67.0 Å². The van der Waals surface area contributed by atoms with Crippen LogP contribution >= 0.6 is 0 Å². The summed E-state index contributed by atoms with van der Waals surface area (Å²) in [7, 11) is 1.57. The molecule has 0 aliphatic carbocycles. The van der Waals surface area contributed by atoms with Crippen molar-refractivity contribution >= 4 is 52.6 Å². The first-order chi connectivity index (χ1) is 31.4. The van der Waals surface area contributed by atoms with E-state index in [1.54, 1.807) is 22.9 Å². The lowest BCUT2D eigenvalue weighted by Crippen LogP contribution is -2.52. The van der Waals surface area contributed by atoms with Crippen LogP contribution < -0.4 is 26.6 Å². The van der Waals surface area contributed by atoms with Crippen LogP contribution in [0.25, 0.3) is 5.57 Å². The first-order valence-electron chi connectivity index (χ1n) is 22.9. The summed E-state index contributed by atoms with van der Waals surface area (Å²) in [5.41, 5.74) is 11.7. The Balaban J connectivity index is 0.853. The molecule has 6 N–H and O–H groups in total. The number of rotatable bonds is 13. The molecule has 8 rings (SSSR count). The van der Waals surface area contributed by atoms with E-state index >= 15 is 0 Å². The number of piperidine rings is 2. The number of amidine groups is 1. The number of halogens is 2. The van der Waals surface area contributed by atoms with Gasteiger partial charge in [-0.3, -0.25) is 39.8 Å². The first kappa shape index (κ1) is 45.8. The molecule has 6 heterocycles. The summed E-state index contributed by atoms with van der Waals surface area (Å²) in [4.78, 5) is 64.5. The average molecular weight is 898 g/mol. The van der Waals surface area contributed by atoms with Gasteiger partial charge in [0.15, 0.2) is 0 Å². The lowest BCUT2D eigenvalue weighted by molar-refractivity contribution is -0.137. The van der Waals surface area contributed by atoms with Gasteiger partial charge in [-0.25, -0.2) is 8.78 Å². The number of likely N-dealkylation sites (tertiary alicyclic amines) is 1. The highest BCUT2D eigenvalue weighted by Crippen LogP contribution is 2.38. The molecule has 16 nitrogen and oxygen atoms in total. The summed E-state index contributed by atoms with van der Waals surface area (Å²) in [6.07, 6.45) is 4.31. The van der Waals surface area contributed by atoms with Crippen molar-refractivity contribution in [2.24, 2.45) is 10.7 Å². The van der Waals surface area contributed by atoms with Gasteiger partial charge in [-0.2, -0.15) is 0 Å². The Hall–Kier alpha value is -5.72. The summed E-state index contributed by atoms with van der Waals surface area (Å²) >= 11 is 0. The van der Waals surface area contributed by atoms with Gasteiger partial charge >= 0.3 is 0 Å². The van der Waals surface area contributed by atoms with E-state index < -0.39 is 18.4 Å². The van der Waals surface area contributed by atoms with Gasteiger partial charge in [0.2, 0.25) is 17.7 Å². The van der Waals surface area contributed by atoms with Crippen molar-refractivity contribution in [2.75, 3.05) is 89.3 Å². The van der Waals surface area contributed by atoms with Gasteiger partial charge in [0.05, 0.1) is 24.8 Å². The van der Waals surface area contributed by atoms with Crippen LogP contribution in [-0.2, 0) is 32.1 Å². The molecule has 0 aromatic heterocycles. The Kier molecular flexibility index (Phi) is 14.2. The lowest BCUT2D eigenvalue weighted by atomic mass is 9.91. The summed E-state index contributed by atoms with van der Waals surface area (Å²) < 4.78 is 35.3. The van der Waals surface area contributed by atoms with E-state index in [1.165, 1.54) is 25.4 Å². The van der Waals surface area contributed by atoms with Gasteiger partial charge in [0, 0.05) is 144 Å². The van der Waals surface area contributed by atoms with E-state index in [-0.39, 0.29) is 54.2 Å². The molecule has 2 unspecified atom stereocenters. The summed E-state index contributed by atoms with van der Waals surface area (Å²) in [6.45, 7) is 9.55. The van der Waals surface area contributed by atoms with Crippen LogP contribution in [0.5, 0.6) is 0 Å². The second-order valence-corrected chi connectivity index (χ2v) is 17.8. The molecule has 0 spiro atoms. The lowest BCUT2D eigenvalue weighted by Gasteiger charge is -2.39. The van der Waals surface area contributed by atoms with Crippen molar-refractivity contribution in [2.45, 2.75) is 83.0 Å². The predicted octanol–water partition coefficient (Wildman–Crippen LogP) is 3.49. The number of imide groups is 1. The number of aryl methyl sites for hydroxylation is 1. The Labute approximate surface area is 378 Å². The molecule has 2 aromatic rings. The number of aliphatic imine (C=N–C) groups is 1. The third-order valence-corrected chi connectivity index (χ3v) is 13.7. The molecule has 3 saturated heterocycles. The number of allylic oxidation sites excluding steroid dienone is 1. The van der Waals surface area contributed by atoms with Crippen molar-refractivity contribution in [3.05, 3.63) is 75.6 Å². The van der Waals surface area contributed by atoms with Crippen molar-refractivity contribution < 1.29 is 32.7 Å². The maximum absolute atomic E-state index is 14.6. The molecule has 0 saturated carbocycles. The number of fused-ring (bicyclic) bond motifs is 2. The number of hydrogen-bond acceptors (Lipinski definition) is 12. The number of nitrogens with one attached hydrogen (secondary N) is 4. The fraction of sp³-hybridized carbons (Fsp3) is 0.532. The molecular formula is C47H61F2N11O5. The largest absolute Gasteiger partial charge is 0.404 e. The minimum atomic E-state index is -2.76. The molecule has 4 amide bonds. The van der Waals surface area contributed by atoms with E-state index in [4.69, 9.17) is 10.5 Å². The van der Waals surface area contributed by atoms with Crippen molar-refractivity contribution in [3.8, 4) is 0 Å². The van der Waals surface area contributed by atoms with E-state index in [0.29, 0.717) is 74.4 Å². The van der Waals surface area contributed by atoms with Crippen LogP contribution in [0.15, 0.2) is 52.8 Å². The topological polar surface area (TPSA) is 192 Å².